The normalized spacial score (nSPS) is 8.00. The van der Waals surface area contributed by atoms with Crippen LogP contribution in [0.3, 0.4) is 0 Å². The van der Waals surface area contributed by atoms with Gasteiger partial charge in [-0.15, -0.1) is 0 Å². The molecule has 0 aliphatic carbocycles. The molecule has 0 aliphatic heterocycles. The smallest absolute Gasteiger partial charge is 0.172 e. The summed E-state index contributed by atoms with van der Waals surface area (Å²) in [4.78, 5) is 10.3. The van der Waals surface area contributed by atoms with Gasteiger partial charge in [-0.05, 0) is 0 Å². The lowest BCUT2D eigenvalue weighted by Gasteiger charge is -1.88. The molecule has 0 saturated heterocycles. The van der Waals surface area contributed by atoms with Crippen molar-refractivity contribution in [3.8, 4) is 6.07 Å². The summed E-state index contributed by atoms with van der Waals surface area (Å²) in [5.74, 6) is -0.171. The van der Waals surface area contributed by atoms with E-state index in [1.54, 1.807) is 6.07 Å². The predicted molar refractivity (Wildman–Crippen MR) is 27.1 cm³/mol. The van der Waals surface area contributed by atoms with Crippen molar-refractivity contribution < 1.29 is 9.53 Å². The maximum absolute atomic E-state index is 10.3. The minimum Gasteiger partial charge on any atom is -0.377 e. The van der Waals surface area contributed by atoms with E-state index >= 15 is 0 Å². The van der Waals surface area contributed by atoms with E-state index in [0.29, 0.717) is 0 Å². The summed E-state index contributed by atoms with van der Waals surface area (Å²) in [6.07, 6.45) is -0.0478. The Kier molecular flexibility index (Phi) is 3.81. The molecule has 0 heterocycles. The Labute approximate surface area is 47.9 Å². The molecule has 44 valence electrons. The molecule has 3 nitrogen and oxygen atoms in total. The quantitative estimate of drug-likeness (QED) is 0.522. The van der Waals surface area contributed by atoms with Gasteiger partial charge in [0.15, 0.2) is 5.78 Å². The Balaban J connectivity index is 3.23. The van der Waals surface area contributed by atoms with Crippen molar-refractivity contribution in [2.45, 2.75) is 6.42 Å². The molecular weight excluding hydrogens is 106 g/mol. The SMILES string of the molecule is COCC(=O)CC#N. The summed E-state index contributed by atoms with van der Waals surface area (Å²) < 4.78 is 4.46. The van der Waals surface area contributed by atoms with Crippen LogP contribution in [0.1, 0.15) is 6.42 Å². The van der Waals surface area contributed by atoms with Crippen molar-refractivity contribution >= 4 is 5.78 Å². The van der Waals surface area contributed by atoms with E-state index in [2.05, 4.69) is 4.74 Å². The first-order valence-electron chi connectivity index (χ1n) is 2.19. The van der Waals surface area contributed by atoms with Crippen LogP contribution in [0.4, 0.5) is 0 Å². The van der Waals surface area contributed by atoms with Crippen LogP contribution in [0.2, 0.25) is 0 Å². The zero-order chi connectivity index (χ0) is 6.41. The number of hydrogen-bond acceptors (Lipinski definition) is 3. The molecule has 3 heteroatoms. The molecule has 0 rings (SSSR count). The van der Waals surface area contributed by atoms with E-state index in [-0.39, 0.29) is 18.8 Å². The standard InChI is InChI=1S/C5H7NO2/c1-8-4-5(7)2-3-6/h2,4H2,1H3. The molecular formula is C5H7NO2. The Hall–Kier alpha value is -0.880. The molecule has 0 aliphatic rings. The van der Waals surface area contributed by atoms with Gasteiger partial charge in [0.25, 0.3) is 0 Å². The molecule has 0 spiro atoms. The number of rotatable bonds is 3. The van der Waals surface area contributed by atoms with Crippen molar-refractivity contribution in [2.24, 2.45) is 0 Å². The van der Waals surface area contributed by atoms with Crippen molar-refractivity contribution in [1.82, 2.24) is 0 Å². The van der Waals surface area contributed by atoms with Crippen molar-refractivity contribution in [3.63, 3.8) is 0 Å². The number of carbonyl (C=O) groups is 1. The lowest BCUT2D eigenvalue weighted by Crippen LogP contribution is -2.04. The second-order valence-corrected chi connectivity index (χ2v) is 1.31. The van der Waals surface area contributed by atoms with Gasteiger partial charge in [0.2, 0.25) is 0 Å². The van der Waals surface area contributed by atoms with E-state index in [0.717, 1.165) is 0 Å². The predicted octanol–water partition coefficient (Wildman–Crippen LogP) is 0.116. The highest BCUT2D eigenvalue weighted by molar-refractivity contribution is 5.81. The number of Topliss-reactive ketones (excluding diaryl/α,β-unsaturated/α-hetero) is 1. The lowest BCUT2D eigenvalue weighted by molar-refractivity contribution is -0.121. The maximum atomic E-state index is 10.3. The molecule has 0 aromatic rings. The Morgan fingerprint density at radius 1 is 1.88 bits per heavy atom. The fraction of sp³-hybridized carbons (Fsp3) is 0.600. The molecule has 0 aromatic heterocycles. The fourth-order valence-electron chi connectivity index (χ4n) is 0.300. The minimum absolute atomic E-state index is 0.0478. The van der Waals surface area contributed by atoms with Crippen molar-refractivity contribution in [2.75, 3.05) is 13.7 Å². The Bertz CT molecular complexity index is 114. The lowest BCUT2D eigenvalue weighted by atomic mass is 10.3. The third-order valence-electron chi connectivity index (χ3n) is 0.582. The van der Waals surface area contributed by atoms with Crippen LogP contribution in [0.5, 0.6) is 0 Å². The number of nitriles is 1. The number of nitrogens with zero attached hydrogens (tertiary/aromatic N) is 1. The van der Waals surface area contributed by atoms with Crippen LogP contribution >= 0.6 is 0 Å². The number of ether oxygens (including phenoxy) is 1. The summed E-state index contributed by atoms with van der Waals surface area (Å²) in [6, 6.07) is 1.72. The highest BCUT2D eigenvalue weighted by Crippen LogP contribution is 1.78. The van der Waals surface area contributed by atoms with Crippen LogP contribution in [-0.2, 0) is 9.53 Å². The Morgan fingerprint density at radius 2 is 2.50 bits per heavy atom. The van der Waals surface area contributed by atoms with Crippen LogP contribution < -0.4 is 0 Å². The first-order valence-corrected chi connectivity index (χ1v) is 2.19. The number of hydrogen-bond donors (Lipinski definition) is 0. The molecule has 0 bridgehead atoms. The van der Waals surface area contributed by atoms with Crippen LogP contribution in [0.15, 0.2) is 0 Å². The average molecular weight is 113 g/mol. The average Bonchev–Trinajstić information content (AvgIpc) is 1.68. The monoisotopic (exact) mass is 113 g/mol. The summed E-state index contributed by atoms with van der Waals surface area (Å²) in [6.45, 7) is 0.0492. The second-order valence-electron chi connectivity index (χ2n) is 1.31. The summed E-state index contributed by atoms with van der Waals surface area (Å²) in [5, 5.41) is 7.94. The van der Waals surface area contributed by atoms with E-state index in [1.807, 2.05) is 0 Å². The van der Waals surface area contributed by atoms with Gasteiger partial charge in [0.05, 0.1) is 12.5 Å². The molecule has 0 radical (unpaired) electrons. The molecule has 8 heavy (non-hydrogen) atoms. The maximum Gasteiger partial charge on any atom is 0.172 e. The molecule has 0 atom stereocenters. The highest BCUT2D eigenvalue weighted by atomic mass is 16.5. The van der Waals surface area contributed by atoms with Gasteiger partial charge in [-0.1, -0.05) is 0 Å². The van der Waals surface area contributed by atoms with Gasteiger partial charge >= 0.3 is 0 Å². The molecule has 0 N–H and O–H groups in total. The van der Waals surface area contributed by atoms with Crippen LogP contribution in [0, 0.1) is 11.3 Å². The molecule has 0 saturated carbocycles. The van der Waals surface area contributed by atoms with Gasteiger partial charge in [-0.2, -0.15) is 5.26 Å². The zero-order valence-corrected chi connectivity index (χ0v) is 4.68. The number of carbonyl (C=O) groups excluding carboxylic acids is 1. The van der Waals surface area contributed by atoms with Gasteiger partial charge in [-0.3, -0.25) is 4.79 Å². The highest BCUT2D eigenvalue weighted by Gasteiger charge is 1.95. The Morgan fingerprint density at radius 3 is 2.88 bits per heavy atom. The van der Waals surface area contributed by atoms with E-state index in [9.17, 15) is 4.79 Å². The van der Waals surface area contributed by atoms with E-state index < -0.39 is 0 Å². The minimum atomic E-state index is -0.171. The number of methoxy groups -OCH3 is 1. The third-order valence-corrected chi connectivity index (χ3v) is 0.582. The summed E-state index contributed by atoms with van der Waals surface area (Å²) in [5.41, 5.74) is 0. The van der Waals surface area contributed by atoms with E-state index in [1.165, 1.54) is 7.11 Å². The number of ketones is 1. The van der Waals surface area contributed by atoms with E-state index in [4.69, 9.17) is 5.26 Å². The molecule has 0 fully saturated rings. The largest absolute Gasteiger partial charge is 0.377 e. The summed E-state index contributed by atoms with van der Waals surface area (Å²) >= 11 is 0. The first-order chi connectivity index (χ1) is 3.81. The van der Waals surface area contributed by atoms with Gasteiger partial charge in [-0.25, -0.2) is 0 Å². The first kappa shape index (κ1) is 7.12. The van der Waals surface area contributed by atoms with Gasteiger partial charge < -0.3 is 4.74 Å². The summed E-state index contributed by atoms with van der Waals surface area (Å²) in [7, 11) is 1.43. The third kappa shape index (κ3) is 3.32. The van der Waals surface area contributed by atoms with Gasteiger partial charge in [0, 0.05) is 7.11 Å². The molecule has 0 amide bonds. The van der Waals surface area contributed by atoms with Crippen LogP contribution in [-0.4, -0.2) is 19.5 Å². The van der Waals surface area contributed by atoms with Crippen molar-refractivity contribution in [3.05, 3.63) is 0 Å². The van der Waals surface area contributed by atoms with Crippen molar-refractivity contribution in [1.29, 1.82) is 5.26 Å². The zero-order valence-electron chi connectivity index (χ0n) is 4.68. The fourth-order valence-corrected chi connectivity index (χ4v) is 0.300. The molecule has 0 aromatic carbocycles. The van der Waals surface area contributed by atoms with Crippen LogP contribution in [0.25, 0.3) is 0 Å². The second kappa shape index (κ2) is 4.28. The van der Waals surface area contributed by atoms with Gasteiger partial charge in [0.1, 0.15) is 6.61 Å². The topological polar surface area (TPSA) is 50.1 Å². The molecule has 0 unspecified atom stereocenters.